The van der Waals surface area contributed by atoms with Crippen LogP contribution in [0, 0.1) is 5.82 Å². The molecular weight excluding hydrogens is 521 g/mol. The fourth-order valence-electron chi connectivity index (χ4n) is 4.49. The van der Waals surface area contributed by atoms with Crippen molar-refractivity contribution in [3.8, 4) is 0 Å². The number of carboxylic acids is 2. The number of nitrogens with one attached hydrogen (secondary N) is 1. The first-order valence-electron chi connectivity index (χ1n) is 11.1. The molecule has 0 amide bonds. The van der Waals surface area contributed by atoms with Gasteiger partial charge < -0.3 is 15.5 Å². The van der Waals surface area contributed by atoms with Crippen LogP contribution < -0.4 is 5.32 Å². The minimum atomic E-state index is -3.24. The summed E-state index contributed by atoms with van der Waals surface area (Å²) >= 11 is 7.55. The number of aromatic nitrogens is 1. The minimum Gasteiger partial charge on any atom is -0.480 e. The lowest BCUT2D eigenvalue weighted by molar-refractivity contribution is -0.142. The van der Waals surface area contributed by atoms with Crippen molar-refractivity contribution >= 4 is 40.7 Å². The first-order valence-corrected chi connectivity index (χ1v) is 12.3. The summed E-state index contributed by atoms with van der Waals surface area (Å²) in [6, 6.07) is 0.760. The van der Waals surface area contributed by atoms with E-state index in [1.807, 2.05) is 5.38 Å². The fourth-order valence-corrected chi connectivity index (χ4v) is 5.61. The van der Waals surface area contributed by atoms with E-state index in [2.05, 4.69) is 15.3 Å². The smallest absolute Gasteiger partial charge is 0.335 e. The second-order valence-electron chi connectivity index (χ2n) is 9.04. The van der Waals surface area contributed by atoms with Gasteiger partial charge in [-0.15, -0.1) is 11.3 Å². The molecule has 1 aromatic carbocycles. The van der Waals surface area contributed by atoms with Crippen molar-refractivity contribution in [1.29, 1.82) is 0 Å². The van der Waals surface area contributed by atoms with Crippen LogP contribution in [0.5, 0.6) is 0 Å². The number of halogens is 4. The van der Waals surface area contributed by atoms with Gasteiger partial charge >= 0.3 is 11.9 Å². The van der Waals surface area contributed by atoms with Gasteiger partial charge in [0, 0.05) is 40.5 Å². The molecular formula is C23H20ClF3N4O4S. The largest absolute Gasteiger partial charge is 0.480 e. The molecule has 0 unspecified atom stereocenters. The molecule has 13 heteroatoms. The van der Waals surface area contributed by atoms with Crippen molar-refractivity contribution in [2.75, 3.05) is 13.1 Å². The zero-order valence-electron chi connectivity index (χ0n) is 18.5. The summed E-state index contributed by atoms with van der Waals surface area (Å²) in [6.07, 6.45) is 1.15. The number of likely N-dealkylation sites (tertiary alicyclic amines) is 1. The molecule has 36 heavy (non-hydrogen) atoms. The highest BCUT2D eigenvalue weighted by atomic mass is 35.5. The summed E-state index contributed by atoms with van der Waals surface area (Å²) in [6.45, 7) is -1.26. The number of aliphatic imine (C=N–C) groups is 1. The van der Waals surface area contributed by atoms with E-state index in [-0.39, 0.29) is 27.7 Å². The van der Waals surface area contributed by atoms with Gasteiger partial charge in [0.1, 0.15) is 17.9 Å². The van der Waals surface area contributed by atoms with Crippen LogP contribution in [-0.4, -0.2) is 62.9 Å². The quantitative estimate of drug-likeness (QED) is 0.485. The third-order valence-corrected chi connectivity index (χ3v) is 7.54. The molecule has 0 spiro atoms. The average Bonchev–Trinajstić information content (AvgIpc) is 3.43. The van der Waals surface area contributed by atoms with Gasteiger partial charge in [-0.1, -0.05) is 17.7 Å². The van der Waals surface area contributed by atoms with Crippen LogP contribution in [0.4, 0.5) is 13.2 Å². The molecule has 1 saturated carbocycles. The topological polar surface area (TPSA) is 115 Å². The maximum Gasteiger partial charge on any atom is 0.335 e. The summed E-state index contributed by atoms with van der Waals surface area (Å²) in [4.78, 5) is 34.2. The van der Waals surface area contributed by atoms with Crippen LogP contribution in [0.3, 0.4) is 0 Å². The van der Waals surface area contributed by atoms with Crippen molar-refractivity contribution in [2.24, 2.45) is 4.99 Å². The Kier molecular flexibility index (Phi) is 6.29. The molecule has 8 nitrogen and oxygen atoms in total. The Morgan fingerprint density at radius 1 is 1.28 bits per heavy atom. The third-order valence-electron chi connectivity index (χ3n) is 6.35. The van der Waals surface area contributed by atoms with Gasteiger partial charge in [-0.25, -0.2) is 22.9 Å². The number of alkyl halides is 2. The van der Waals surface area contributed by atoms with Gasteiger partial charge in [0.15, 0.2) is 10.8 Å². The number of thiazole rings is 1. The van der Waals surface area contributed by atoms with Crippen LogP contribution >= 0.6 is 22.9 Å². The molecule has 1 saturated heterocycles. The average molecular weight is 541 g/mol. The number of carboxylic acid groups (broad SMARTS) is 2. The van der Waals surface area contributed by atoms with Crippen LogP contribution in [0.15, 0.2) is 39.8 Å². The normalized spacial score (nSPS) is 23.9. The summed E-state index contributed by atoms with van der Waals surface area (Å²) in [5.41, 5.74) is 0.777. The van der Waals surface area contributed by atoms with Crippen molar-refractivity contribution in [1.82, 2.24) is 15.2 Å². The number of carbonyl (C=O) groups is 2. The van der Waals surface area contributed by atoms with Crippen LogP contribution in [-0.2, 0) is 9.59 Å². The van der Waals surface area contributed by atoms with Gasteiger partial charge in [-0.05, 0) is 25.0 Å². The van der Waals surface area contributed by atoms with Gasteiger partial charge in [0.05, 0.1) is 17.8 Å². The number of benzene rings is 1. The summed E-state index contributed by atoms with van der Waals surface area (Å²) in [7, 11) is 0. The number of rotatable bonds is 7. The number of nitrogens with zero attached hydrogens (tertiary/aromatic N) is 3. The van der Waals surface area contributed by atoms with Crippen molar-refractivity contribution in [3.63, 3.8) is 0 Å². The lowest BCUT2D eigenvalue weighted by atomic mass is 9.95. The van der Waals surface area contributed by atoms with E-state index in [1.54, 1.807) is 0 Å². The zero-order chi connectivity index (χ0) is 25.8. The molecule has 1 aromatic heterocycles. The van der Waals surface area contributed by atoms with Gasteiger partial charge in [-0.2, -0.15) is 0 Å². The molecule has 5 rings (SSSR count). The number of aliphatic carboxylic acids is 2. The van der Waals surface area contributed by atoms with Crippen LogP contribution in [0.25, 0.3) is 0 Å². The predicted molar refractivity (Wildman–Crippen MR) is 125 cm³/mol. The Labute approximate surface area is 212 Å². The molecule has 2 aromatic rings. The van der Waals surface area contributed by atoms with Crippen molar-refractivity contribution < 1.29 is 33.0 Å². The Morgan fingerprint density at radius 2 is 2.03 bits per heavy atom. The first-order chi connectivity index (χ1) is 17.0. The van der Waals surface area contributed by atoms with Crippen LogP contribution in [0.2, 0.25) is 5.02 Å². The molecule has 2 atom stereocenters. The summed E-state index contributed by atoms with van der Waals surface area (Å²) in [5, 5.41) is 24.8. The second kappa shape index (κ2) is 9.16. The van der Waals surface area contributed by atoms with E-state index >= 15 is 0 Å². The molecule has 1 aliphatic carbocycles. The monoisotopic (exact) mass is 540 g/mol. The molecule has 3 heterocycles. The standard InChI is InChI=1S/C23H20ClF3N4O4S/c24-13-5-11(25)3-4-12(13)18-17(22(34)35)14(7-31-9-23(26,27)6-16(31)21(32)33)28-19(30-18)20-29-15(8-36-20)10-1-2-10/h3-5,8,10,16,18H,1-2,6-7,9H2,(H,28,30)(H,32,33)(H,34,35)/t16-,18-/m0/s1. The molecule has 3 N–H and O–H groups in total. The number of hydrogen-bond donors (Lipinski definition) is 3. The molecule has 190 valence electrons. The first kappa shape index (κ1) is 24.7. The maximum absolute atomic E-state index is 14.1. The van der Waals surface area contributed by atoms with Crippen LogP contribution in [0.1, 0.15) is 47.5 Å². The molecule has 0 bridgehead atoms. The number of hydrogen-bond acceptors (Lipinski definition) is 7. The van der Waals surface area contributed by atoms with E-state index in [0.29, 0.717) is 10.9 Å². The van der Waals surface area contributed by atoms with E-state index in [0.717, 1.165) is 35.6 Å². The third kappa shape index (κ3) is 4.84. The van der Waals surface area contributed by atoms with E-state index in [9.17, 15) is 33.0 Å². The number of amidine groups is 1. The minimum absolute atomic E-state index is 0.00925. The van der Waals surface area contributed by atoms with Crippen molar-refractivity contribution in [2.45, 2.75) is 43.2 Å². The highest BCUT2D eigenvalue weighted by molar-refractivity contribution is 7.11. The Balaban J connectivity index is 1.59. The SMILES string of the molecule is O=C(O)C1=C(CN2CC(F)(F)C[C@H]2C(=O)O)NC(c2nc(C3CC3)cs2)=N[C@H]1c1ccc(F)cc1Cl. The molecule has 2 fully saturated rings. The lowest BCUT2D eigenvalue weighted by Gasteiger charge is -2.30. The van der Waals surface area contributed by atoms with Gasteiger partial charge in [-0.3, -0.25) is 14.7 Å². The molecule has 3 aliphatic rings. The van der Waals surface area contributed by atoms with E-state index < -0.39 is 55.3 Å². The Morgan fingerprint density at radius 3 is 2.67 bits per heavy atom. The fraction of sp³-hybridized carbons (Fsp3) is 0.391. The summed E-state index contributed by atoms with van der Waals surface area (Å²) < 4.78 is 42.0. The van der Waals surface area contributed by atoms with E-state index in [4.69, 9.17) is 11.6 Å². The Bertz CT molecular complexity index is 1310. The molecule has 0 radical (unpaired) electrons. The van der Waals surface area contributed by atoms with Crippen molar-refractivity contribution in [3.05, 3.63) is 62.0 Å². The maximum atomic E-state index is 14.1. The predicted octanol–water partition coefficient (Wildman–Crippen LogP) is 4.04. The molecule has 2 aliphatic heterocycles. The van der Waals surface area contributed by atoms with E-state index in [1.165, 1.54) is 17.4 Å². The highest BCUT2D eigenvalue weighted by Gasteiger charge is 2.49. The zero-order valence-corrected chi connectivity index (χ0v) is 20.1. The van der Waals surface area contributed by atoms with Gasteiger partial charge in [0.2, 0.25) is 0 Å². The highest BCUT2D eigenvalue weighted by Crippen LogP contribution is 2.41. The lowest BCUT2D eigenvalue weighted by Crippen LogP contribution is -2.43. The Hall–Kier alpha value is -2.96. The second-order valence-corrected chi connectivity index (χ2v) is 10.3. The van der Waals surface area contributed by atoms with Gasteiger partial charge in [0.25, 0.3) is 5.92 Å². The summed E-state index contributed by atoms with van der Waals surface area (Å²) in [5.74, 6) is -6.14.